The molecule has 1 aromatic carbocycles. The van der Waals surface area contributed by atoms with Gasteiger partial charge in [-0.05, 0) is 59.6 Å². The third-order valence-corrected chi connectivity index (χ3v) is 11.3. The summed E-state index contributed by atoms with van der Waals surface area (Å²) >= 11 is 1.60. The number of hydrogen-bond acceptors (Lipinski definition) is 6. The molecule has 0 saturated heterocycles. The molecular formula is C23H33NO5S2. The Bertz CT molecular complexity index is 990. The third kappa shape index (κ3) is 3.40. The van der Waals surface area contributed by atoms with Crippen LogP contribution in [0.25, 0.3) is 0 Å². The smallest absolute Gasteiger partial charge is 0.216 e. The number of thioether (sulfide) groups is 1. The third-order valence-electron chi connectivity index (χ3n) is 8.02. The second-order valence-corrected chi connectivity index (χ2v) is 12.8. The molecule has 1 heterocycles. The highest BCUT2D eigenvalue weighted by atomic mass is 32.2. The van der Waals surface area contributed by atoms with E-state index < -0.39 is 15.4 Å². The highest BCUT2D eigenvalue weighted by Crippen LogP contribution is 2.64. The summed E-state index contributed by atoms with van der Waals surface area (Å²) in [7, 11) is -0.446. The molecule has 0 aromatic heterocycles. The van der Waals surface area contributed by atoms with Crippen LogP contribution in [0.2, 0.25) is 0 Å². The number of sulfonamides is 1. The number of rotatable bonds is 7. The van der Waals surface area contributed by atoms with Crippen molar-refractivity contribution >= 4 is 27.6 Å². The highest BCUT2D eigenvalue weighted by molar-refractivity contribution is 8.00. The Morgan fingerprint density at radius 3 is 2.42 bits per heavy atom. The monoisotopic (exact) mass is 467 g/mol. The van der Waals surface area contributed by atoms with Crippen molar-refractivity contribution in [2.45, 2.75) is 51.8 Å². The van der Waals surface area contributed by atoms with Crippen molar-refractivity contribution in [2.24, 2.45) is 16.7 Å². The van der Waals surface area contributed by atoms with Gasteiger partial charge in [-0.25, -0.2) is 8.42 Å². The normalized spacial score (nSPS) is 29.8. The quantitative estimate of drug-likeness (QED) is 0.603. The van der Waals surface area contributed by atoms with Gasteiger partial charge >= 0.3 is 0 Å². The molecule has 0 N–H and O–H groups in total. The van der Waals surface area contributed by atoms with Crippen molar-refractivity contribution in [1.82, 2.24) is 4.31 Å². The maximum atomic E-state index is 13.8. The van der Waals surface area contributed by atoms with Crippen LogP contribution in [0.1, 0.15) is 56.5 Å². The van der Waals surface area contributed by atoms with Crippen LogP contribution in [0.4, 0.5) is 0 Å². The Morgan fingerprint density at radius 2 is 1.87 bits per heavy atom. The molecule has 3 aliphatic rings. The van der Waals surface area contributed by atoms with Gasteiger partial charge in [0.25, 0.3) is 0 Å². The summed E-state index contributed by atoms with van der Waals surface area (Å²) in [6.45, 7) is 6.63. The van der Waals surface area contributed by atoms with E-state index in [1.807, 2.05) is 19.1 Å². The average Bonchev–Trinajstić information content (AvgIpc) is 3.07. The Morgan fingerprint density at radius 1 is 1.19 bits per heavy atom. The summed E-state index contributed by atoms with van der Waals surface area (Å²) in [6.07, 6.45) is 2.77. The van der Waals surface area contributed by atoms with E-state index in [9.17, 15) is 13.2 Å². The van der Waals surface area contributed by atoms with Gasteiger partial charge in [0.1, 0.15) is 5.78 Å². The van der Waals surface area contributed by atoms with Crippen molar-refractivity contribution in [1.29, 1.82) is 0 Å². The van der Waals surface area contributed by atoms with E-state index in [-0.39, 0.29) is 22.3 Å². The Balaban J connectivity index is 1.71. The fourth-order valence-corrected chi connectivity index (χ4v) is 9.81. The summed E-state index contributed by atoms with van der Waals surface area (Å²) < 4.78 is 40.2. The van der Waals surface area contributed by atoms with E-state index in [1.54, 1.807) is 30.3 Å². The minimum Gasteiger partial charge on any atom is -0.493 e. The van der Waals surface area contributed by atoms with Crippen LogP contribution >= 0.6 is 11.8 Å². The van der Waals surface area contributed by atoms with E-state index in [1.165, 1.54) is 0 Å². The van der Waals surface area contributed by atoms with Crippen LogP contribution in [0.15, 0.2) is 12.1 Å². The predicted octanol–water partition coefficient (Wildman–Crippen LogP) is 4.04. The molecule has 8 heteroatoms. The molecule has 2 aliphatic carbocycles. The van der Waals surface area contributed by atoms with Gasteiger partial charge in [0.2, 0.25) is 10.0 Å². The molecular weight excluding hydrogens is 434 g/mol. The van der Waals surface area contributed by atoms with E-state index in [0.29, 0.717) is 43.2 Å². The Hall–Kier alpha value is -1.25. The van der Waals surface area contributed by atoms with Gasteiger partial charge in [-0.15, -0.1) is 11.8 Å². The van der Waals surface area contributed by atoms with Gasteiger partial charge < -0.3 is 9.47 Å². The molecule has 2 fully saturated rings. The molecule has 6 nitrogen and oxygen atoms in total. The van der Waals surface area contributed by atoms with E-state index in [4.69, 9.17) is 9.47 Å². The van der Waals surface area contributed by atoms with Gasteiger partial charge in [0.05, 0.1) is 25.3 Å². The molecule has 2 saturated carbocycles. The average molecular weight is 468 g/mol. The number of benzene rings is 1. The first-order valence-electron chi connectivity index (χ1n) is 11.0. The molecule has 0 amide bonds. The standard InChI is InChI=1S/C23H33NO5S2/c1-6-30-21-17-13-19(29-5)18(28-4)11-15(17)8-10-24(21)31(26,27)14-23-9-7-16(12-20(23)25)22(23,2)3/h11,13,16,21H,6-10,12,14H2,1-5H3/t16-,21?,23-/m1/s1. The van der Waals surface area contributed by atoms with Crippen LogP contribution in [-0.2, 0) is 21.2 Å². The number of ether oxygens (including phenoxy) is 2. The zero-order chi connectivity index (χ0) is 22.6. The second-order valence-electron chi connectivity index (χ2n) is 9.50. The number of Topliss-reactive ketones (excluding diaryl/α,β-unsaturated/α-hetero) is 1. The summed E-state index contributed by atoms with van der Waals surface area (Å²) in [5, 5.41) is -0.327. The highest BCUT2D eigenvalue weighted by Gasteiger charge is 2.65. The maximum absolute atomic E-state index is 13.8. The Kier molecular flexibility index (Phi) is 5.88. The fourth-order valence-electron chi connectivity index (χ4n) is 6.00. The minimum absolute atomic E-state index is 0.0776. The summed E-state index contributed by atoms with van der Waals surface area (Å²) in [4.78, 5) is 13.0. The number of nitrogens with zero attached hydrogens (tertiary/aromatic N) is 1. The van der Waals surface area contributed by atoms with Gasteiger partial charge in [-0.1, -0.05) is 20.8 Å². The number of methoxy groups -OCH3 is 2. The molecule has 0 spiro atoms. The second kappa shape index (κ2) is 7.96. The first-order chi connectivity index (χ1) is 14.6. The SMILES string of the molecule is CCSC1c2cc(OC)c(OC)cc2CCN1S(=O)(=O)C[C@]12CC[C@H](CC1=O)C2(C)C. The van der Waals surface area contributed by atoms with E-state index >= 15 is 0 Å². The van der Waals surface area contributed by atoms with Crippen LogP contribution in [-0.4, -0.2) is 50.8 Å². The van der Waals surface area contributed by atoms with Crippen molar-refractivity contribution < 1.29 is 22.7 Å². The van der Waals surface area contributed by atoms with Crippen molar-refractivity contribution in [3.63, 3.8) is 0 Å². The molecule has 1 unspecified atom stereocenters. The largest absolute Gasteiger partial charge is 0.493 e. The van der Waals surface area contributed by atoms with Gasteiger partial charge in [-0.2, -0.15) is 4.31 Å². The predicted molar refractivity (Wildman–Crippen MR) is 123 cm³/mol. The lowest BCUT2D eigenvalue weighted by Crippen LogP contribution is -2.48. The molecule has 0 radical (unpaired) electrons. The maximum Gasteiger partial charge on any atom is 0.216 e. The molecule has 1 aliphatic heterocycles. The van der Waals surface area contributed by atoms with Crippen LogP contribution in [0.5, 0.6) is 11.5 Å². The van der Waals surface area contributed by atoms with Crippen molar-refractivity contribution in [3.05, 3.63) is 23.3 Å². The van der Waals surface area contributed by atoms with Crippen LogP contribution < -0.4 is 9.47 Å². The summed E-state index contributed by atoms with van der Waals surface area (Å²) in [6, 6.07) is 3.88. The first kappa shape index (κ1) is 22.9. The molecule has 3 atom stereocenters. The van der Waals surface area contributed by atoms with E-state index in [0.717, 1.165) is 23.3 Å². The van der Waals surface area contributed by atoms with E-state index in [2.05, 4.69) is 13.8 Å². The molecule has 1 aromatic rings. The number of carbonyl (C=O) groups excluding carboxylic acids is 1. The molecule has 2 bridgehead atoms. The first-order valence-corrected chi connectivity index (χ1v) is 13.7. The fraction of sp³-hybridized carbons (Fsp3) is 0.696. The van der Waals surface area contributed by atoms with Crippen LogP contribution in [0.3, 0.4) is 0 Å². The van der Waals surface area contributed by atoms with Crippen molar-refractivity contribution in [2.75, 3.05) is 32.3 Å². The van der Waals surface area contributed by atoms with Gasteiger partial charge in [0, 0.05) is 18.4 Å². The summed E-state index contributed by atoms with van der Waals surface area (Å²) in [5.41, 5.74) is 1.02. The van der Waals surface area contributed by atoms with Crippen LogP contribution in [0, 0.1) is 16.7 Å². The number of carbonyl (C=O) groups is 1. The van der Waals surface area contributed by atoms with Gasteiger partial charge in [-0.3, -0.25) is 4.79 Å². The molecule has 31 heavy (non-hydrogen) atoms. The number of fused-ring (bicyclic) bond motifs is 3. The lowest BCUT2D eigenvalue weighted by atomic mass is 9.70. The Labute approximate surface area is 190 Å². The zero-order valence-corrected chi connectivity index (χ0v) is 20.7. The molecule has 4 rings (SSSR count). The molecule has 172 valence electrons. The topological polar surface area (TPSA) is 72.9 Å². The minimum atomic E-state index is -3.64. The van der Waals surface area contributed by atoms with Gasteiger partial charge in [0.15, 0.2) is 11.5 Å². The number of ketones is 1. The number of hydrogen-bond donors (Lipinski definition) is 0. The lowest BCUT2D eigenvalue weighted by Gasteiger charge is -2.41. The zero-order valence-electron chi connectivity index (χ0n) is 19.1. The summed E-state index contributed by atoms with van der Waals surface area (Å²) in [5.74, 6) is 2.41. The lowest BCUT2D eigenvalue weighted by molar-refractivity contribution is -0.128. The van der Waals surface area contributed by atoms with Crippen molar-refractivity contribution in [3.8, 4) is 11.5 Å².